The molecule has 0 spiro atoms. The van der Waals surface area contributed by atoms with Crippen LogP contribution in [0.3, 0.4) is 0 Å². The molecule has 0 atom stereocenters. The molecule has 2 aromatic carbocycles. The lowest BCUT2D eigenvalue weighted by molar-refractivity contribution is 0.402. The Labute approximate surface area is 169 Å². The number of nitrogens with zero attached hydrogens (tertiary/aromatic N) is 2. The summed E-state index contributed by atoms with van der Waals surface area (Å²) in [5.74, 6) is -1.71. The summed E-state index contributed by atoms with van der Waals surface area (Å²) in [5.41, 5.74) is 1.26. The van der Waals surface area contributed by atoms with Crippen molar-refractivity contribution in [2.24, 2.45) is 0 Å². The van der Waals surface area contributed by atoms with Crippen molar-refractivity contribution in [3.8, 4) is 5.75 Å². The largest absolute Gasteiger partial charge is 0.490 e. The fraction of sp³-hybridized carbons (Fsp3) is 0.158. The van der Waals surface area contributed by atoms with Crippen molar-refractivity contribution in [3.63, 3.8) is 0 Å². The smallest absolute Gasteiger partial charge is 0.316 e. The second kappa shape index (κ2) is 8.16. The van der Waals surface area contributed by atoms with Gasteiger partial charge in [-0.2, -0.15) is 4.98 Å². The van der Waals surface area contributed by atoms with E-state index >= 15 is 0 Å². The van der Waals surface area contributed by atoms with Gasteiger partial charge in [-0.25, -0.2) is 8.78 Å². The minimum atomic E-state index is -0.965. The van der Waals surface area contributed by atoms with Crippen LogP contribution in [0, 0.1) is 18.6 Å². The minimum absolute atomic E-state index is 0.0130. The van der Waals surface area contributed by atoms with E-state index in [1.165, 1.54) is 19.4 Å². The molecule has 1 N–H and O–H groups in total. The number of aryl methyl sites for hydroxylation is 1. The minimum Gasteiger partial charge on any atom is -0.490 e. The number of methoxy groups -OCH3 is 1. The van der Waals surface area contributed by atoms with Gasteiger partial charge in [0.05, 0.1) is 29.9 Å². The lowest BCUT2D eigenvalue weighted by Crippen LogP contribution is -2.19. The molecule has 0 saturated heterocycles. The van der Waals surface area contributed by atoms with Gasteiger partial charge in [-0.15, -0.1) is 0 Å². The third kappa shape index (κ3) is 4.26. The molecule has 0 fully saturated rings. The number of ether oxygens (including phenoxy) is 1. The predicted octanol–water partition coefficient (Wildman–Crippen LogP) is 4.94. The summed E-state index contributed by atoms with van der Waals surface area (Å²) in [6.45, 7) is 1.93. The summed E-state index contributed by atoms with van der Waals surface area (Å²) in [6, 6.07) is 6.84. The van der Waals surface area contributed by atoms with Gasteiger partial charge in [0.2, 0.25) is 11.7 Å². The molecule has 1 heterocycles. The lowest BCUT2D eigenvalue weighted by Gasteiger charge is -2.17. The highest BCUT2D eigenvalue weighted by molar-refractivity contribution is 6.42. The summed E-state index contributed by atoms with van der Waals surface area (Å²) in [4.78, 5) is 16.1. The first-order chi connectivity index (χ1) is 13.3. The molecule has 1 aromatic heterocycles. The Kier molecular flexibility index (Phi) is 5.86. The number of nitrogens with one attached hydrogen (secondary N) is 1. The van der Waals surface area contributed by atoms with E-state index in [1.54, 1.807) is 16.7 Å². The molecular weight excluding hydrogens is 411 g/mol. The third-order valence-corrected chi connectivity index (χ3v) is 4.76. The highest BCUT2D eigenvalue weighted by Gasteiger charge is 2.13. The topological polar surface area (TPSA) is 56.1 Å². The summed E-state index contributed by atoms with van der Waals surface area (Å²) >= 11 is 12.1. The summed E-state index contributed by atoms with van der Waals surface area (Å²) in [6.07, 6.45) is 1.44. The first-order valence-corrected chi connectivity index (χ1v) is 8.86. The fourth-order valence-electron chi connectivity index (χ4n) is 2.57. The van der Waals surface area contributed by atoms with Crippen LogP contribution in [0.1, 0.15) is 11.1 Å². The van der Waals surface area contributed by atoms with Gasteiger partial charge in [-0.3, -0.25) is 4.79 Å². The number of benzene rings is 2. The summed E-state index contributed by atoms with van der Waals surface area (Å²) in [7, 11) is 1.34. The zero-order valence-electron chi connectivity index (χ0n) is 14.9. The Hall–Kier alpha value is -2.64. The van der Waals surface area contributed by atoms with E-state index in [0.29, 0.717) is 21.3 Å². The van der Waals surface area contributed by atoms with Gasteiger partial charge in [0.1, 0.15) is 0 Å². The van der Waals surface area contributed by atoms with E-state index in [0.717, 1.165) is 17.7 Å². The first kappa shape index (κ1) is 20.1. The van der Waals surface area contributed by atoms with Gasteiger partial charge in [-0.1, -0.05) is 29.3 Å². The van der Waals surface area contributed by atoms with Gasteiger partial charge in [0.15, 0.2) is 11.6 Å². The second-order valence-corrected chi connectivity index (χ2v) is 6.84. The number of anilines is 2. The van der Waals surface area contributed by atoms with Crippen molar-refractivity contribution in [3.05, 3.63) is 79.7 Å². The fourth-order valence-corrected chi connectivity index (χ4v) is 2.95. The van der Waals surface area contributed by atoms with Crippen LogP contribution in [0.2, 0.25) is 10.0 Å². The first-order valence-electron chi connectivity index (χ1n) is 8.10. The number of hydrogen-bond donors (Lipinski definition) is 1. The van der Waals surface area contributed by atoms with Gasteiger partial charge in [0.25, 0.3) is 0 Å². The predicted molar refractivity (Wildman–Crippen MR) is 105 cm³/mol. The Bertz CT molecular complexity index is 1100. The number of halogens is 4. The molecule has 146 valence electrons. The van der Waals surface area contributed by atoms with Gasteiger partial charge < -0.3 is 14.6 Å². The van der Waals surface area contributed by atoms with E-state index in [4.69, 9.17) is 27.9 Å². The normalized spacial score (nSPS) is 10.8. The molecule has 0 aliphatic heterocycles. The molecule has 0 saturated carbocycles. The SMILES string of the molecule is COc1cn(Cc2ccc(F)c(F)c2)c(Nc2cc(Cl)c(Cl)cc2C)nc1=O. The molecule has 3 rings (SSSR count). The maximum absolute atomic E-state index is 13.6. The van der Waals surface area contributed by atoms with Gasteiger partial charge >= 0.3 is 5.56 Å². The van der Waals surface area contributed by atoms with E-state index < -0.39 is 17.2 Å². The zero-order valence-corrected chi connectivity index (χ0v) is 16.4. The van der Waals surface area contributed by atoms with Crippen LogP contribution in [-0.4, -0.2) is 16.7 Å². The number of aromatic nitrogens is 2. The molecule has 0 amide bonds. The van der Waals surface area contributed by atoms with Crippen molar-refractivity contribution in [1.29, 1.82) is 0 Å². The van der Waals surface area contributed by atoms with Crippen molar-refractivity contribution >= 4 is 34.8 Å². The highest BCUT2D eigenvalue weighted by Crippen LogP contribution is 2.30. The van der Waals surface area contributed by atoms with Crippen LogP contribution in [0.15, 0.2) is 41.3 Å². The third-order valence-electron chi connectivity index (χ3n) is 4.03. The van der Waals surface area contributed by atoms with Crippen LogP contribution in [0.25, 0.3) is 0 Å². The lowest BCUT2D eigenvalue weighted by atomic mass is 10.2. The Morgan fingerprint density at radius 3 is 2.54 bits per heavy atom. The second-order valence-electron chi connectivity index (χ2n) is 6.02. The summed E-state index contributed by atoms with van der Waals surface area (Å²) < 4.78 is 33.3. The van der Waals surface area contributed by atoms with Crippen molar-refractivity contribution in [1.82, 2.24) is 9.55 Å². The van der Waals surface area contributed by atoms with Crippen LogP contribution >= 0.6 is 23.2 Å². The average Bonchev–Trinajstić information content (AvgIpc) is 2.64. The van der Waals surface area contributed by atoms with Crippen molar-refractivity contribution in [2.45, 2.75) is 13.5 Å². The van der Waals surface area contributed by atoms with Crippen LogP contribution in [0.5, 0.6) is 5.75 Å². The maximum atomic E-state index is 13.6. The molecule has 0 aliphatic carbocycles. The van der Waals surface area contributed by atoms with Crippen LogP contribution < -0.4 is 15.6 Å². The molecule has 0 aliphatic rings. The molecular formula is C19H15Cl2F2N3O2. The number of hydrogen-bond acceptors (Lipinski definition) is 4. The molecule has 0 unspecified atom stereocenters. The molecule has 5 nitrogen and oxygen atoms in total. The van der Waals surface area contributed by atoms with Gasteiger partial charge in [0, 0.05) is 5.69 Å². The van der Waals surface area contributed by atoms with E-state index in [-0.39, 0.29) is 18.2 Å². The average molecular weight is 426 g/mol. The molecule has 3 aromatic rings. The Morgan fingerprint density at radius 2 is 1.86 bits per heavy atom. The zero-order chi connectivity index (χ0) is 20.4. The molecule has 28 heavy (non-hydrogen) atoms. The molecule has 0 radical (unpaired) electrons. The van der Waals surface area contributed by atoms with E-state index in [1.807, 2.05) is 6.92 Å². The highest BCUT2D eigenvalue weighted by atomic mass is 35.5. The van der Waals surface area contributed by atoms with Crippen LogP contribution in [-0.2, 0) is 6.54 Å². The Balaban J connectivity index is 2.04. The maximum Gasteiger partial charge on any atom is 0.316 e. The van der Waals surface area contributed by atoms with Crippen molar-refractivity contribution in [2.75, 3.05) is 12.4 Å². The Morgan fingerprint density at radius 1 is 1.14 bits per heavy atom. The van der Waals surface area contributed by atoms with Gasteiger partial charge in [-0.05, 0) is 42.3 Å². The van der Waals surface area contributed by atoms with E-state index in [2.05, 4.69) is 10.3 Å². The van der Waals surface area contributed by atoms with E-state index in [9.17, 15) is 13.6 Å². The summed E-state index contributed by atoms with van der Waals surface area (Å²) in [5, 5.41) is 3.76. The molecule has 0 bridgehead atoms. The monoisotopic (exact) mass is 425 g/mol. The number of rotatable bonds is 5. The van der Waals surface area contributed by atoms with Crippen molar-refractivity contribution < 1.29 is 13.5 Å². The standard InChI is InChI=1S/C19H15Cl2F2N3O2/c1-10-5-12(20)13(21)7-16(10)24-19-25-18(27)17(28-2)9-26(19)8-11-3-4-14(22)15(23)6-11/h3-7,9H,8H2,1-2H3,(H,24,25,27). The van der Waals surface area contributed by atoms with Crippen LogP contribution in [0.4, 0.5) is 20.4 Å². The quantitative estimate of drug-likeness (QED) is 0.628. The molecule has 9 heteroatoms.